The Morgan fingerprint density at radius 2 is 2.14 bits per heavy atom. The molecule has 2 aromatic rings. The van der Waals surface area contributed by atoms with Crippen molar-refractivity contribution in [2.24, 2.45) is 0 Å². The first-order chi connectivity index (χ1) is 10.0. The maximum atomic E-state index is 6.21. The summed E-state index contributed by atoms with van der Waals surface area (Å²) in [4.78, 5) is 4.10. The van der Waals surface area contributed by atoms with E-state index in [0.717, 1.165) is 33.5 Å². The van der Waals surface area contributed by atoms with Gasteiger partial charge in [0.15, 0.2) is 5.15 Å². The summed E-state index contributed by atoms with van der Waals surface area (Å²) < 4.78 is 6.72. The summed E-state index contributed by atoms with van der Waals surface area (Å²) in [6, 6.07) is 7.95. The molecule has 21 heavy (non-hydrogen) atoms. The van der Waals surface area contributed by atoms with Gasteiger partial charge < -0.3 is 10.1 Å². The number of fused-ring (bicyclic) bond motifs is 1. The van der Waals surface area contributed by atoms with Crippen molar-refractivity contribution in [1.29, 1.82) is 0 Å². The number of rotatable bonds is 2. The number of ether oxygens (including phenoxy) is 1. The predicted octanol–water partition coefficient (Wildman–Crippen LogP) is 5.40. The third-order valence-electron chi connectivity index (χ3n) is 3.47. The minimum Gasteiger partial charge on any atom is -0.493 e. The van der Waals surface area contributed by atoms with Crippen molar-refractivity contribution in [3.63, 3.8) is 0 Å². The van der Waals surface area contributed by atoms with Gasteiger partial charge in [0.2, 0.25) is 0 Å². The second kappa shape index (κ2) is 6.03. The largest absolute Gasteiger partial charge is 0.493 e. The molecule has 0 amide bonds. The zero-order chi connectivity index (χ0) is 15.0. The van der Waals surface area contributed by atoms with Crippen LogP contribution in [0.15, 0.2) is 28.7 Å². The molecule has 2 heterocycles. The van der Waals surface area contributed by atoms with E-state index >= 15 is 0 Å². The molecule has 0 spiro atoms. The average molecular weight is 388 g/mol. The fourth-order valence-electron chi connectivity index (χ4n) is 2.46. The Hall–Kier alpha value is -0.970. The minimum atomic E-state index is 0.130. The van der Waals surface area contributed by atoms with Crippen LogP contribution in [0.25, 0.3) is 0 Å². The molecule has 1 aromatic carbocycles. The Labute approximate surface area is 141 Å². The molecule has 1 unspecified atom stereocenters. The van der Waals surface area contributed by atoms with Gasteiger partial charge in [-0.1, -0.05) is 39.1 Å². The molecule has 3 rings (SSSR count). The molecule has 1 aliphatic rings. The van der Waals surface area contributed by atoms with E-state index in [2.05, 4.69) is 32.3 Å². The Morgan fingerprint density at radius 3 is 2.90 bits per heavy atom. The molecular formula is C15H13BrCl2N2O. The SMILES string of the molecule is Cc1cc(Cl)nc(Cl)c1NC1CCOc2ccc(Br)cc21. The highest BCUT2D eigenvalue weighted by Crippen LogP contribution is 2.38. The van der Waals surface area contributed by atoms with Crippen LogP contribution in [0.5, 0.6) is 5.75 Å². The lowest BCUT2D eigenvalue weighted by Gasteiger charge is -2.28. The van der Waals surface area contributed by atoms with Gasteiger partial charge in [0.05, 0.1) is 18.3 Å². The Bertz CT molecular complexity index is 670. The second-order valence-corrected chi connectivity index (χ2v) is 6.60. The number of aryl methyl sites for hydroxylation is 1. The topological polar surface area (TPSA) is 34.2 Å². The Balaban J connectivity index is 1.96. The molecule has 1 aromatic heterocycles. The molecule has 1 aliphatic heterocycles. The van der Waals surface area contributed by atoms with Gasteiger partial charge in [-0.15, -0.1) is 0 Å². The highest BCUT2D eigenvalue weighted by molar-refractivity contribution is 9.10. The van der Waals surface area contributed by atoms with Gasteiger partial charge >= 0.3 is 0 Å². The van der Waals surface area contributed by atoms with Crippen LogP contribution in [0.3, 0.4) is 0 Å². The highest BCUT2D eigenvalue weighted by Gasteiger charge is 2.23. The number of benzene rings is 1. The monoisotopic (exact) mass is 386 g/mol. The van der Waals surface area contributed by atoms with Crippen molar-refractivity contribution >= 4 is 44.8 Å². The molecule has 0 fully saturated rings. The maximum Gasteiger partial charge on any atom is 0.154 e. The number of hydrogen-bond acceptors (Lipinski definition) is 3. The van der Waals surface area contributed by atoms with Crippen LogP contribution < -0.4 is 10.1 Å². The van der Waals surface area contributed by atoms with Crippen molar-refractivity contribution in [3.8, 4) is 5.75 Å². The normalized spacial score (nSPS) is 17.0. The number of nitrogens with zero attached hydrogens (tertiary/aromatic N) is 1. The van der Waals surface area contributed by atoms with E-state index in [1.807, 2.05) is 19.1 Å². The molecule has 3 nitrogen and oxygen atoms in total. The fraction of sp³-hybridized carbons (Fsp3) is 0.267. The lowest BCUT2D eigenvalue weighted by atomic mass is 10.00. The summed E-state index contributed by atoms with van der Waals surface area (Å²) >= 11 is 15.6. The van der Waals surface area contributed by atoms with Crippen LogP contribution in [0.1, 0.15) is 23.6 Å². The summed E-state index contributed by atoms with van der Waals surface area (Å²) in [6.45, 7) is 2.63. The number of aromatic nitrogens is 1. The highest BCUT2D eigenvalue weighted by atomic mass is 79.9. The third-order valence-corrected chi connectivity index (χ3v) is 4.43. The first kappa shape index (κ1) is 14.9. The summed E-state index contributed by atoms with van der Waals surface area (Å²) in [7, 11) is 0. The summed E-state index contributed by atoms with van der Waals surface area (Å²) in [6.07, 6.45) is 0.863. The van der Waals surface area contributed by atoms with E-state index in [-0.39, 0.29) is 6.04 Å². The number of halogens is 3. The molecule has 1 atom stereocenters. The Morgan fingerprint density at radius 1 is 1.33 bits per heavy atom. The van der Waals surface area contributed by atoms with E-state index < -0.39 is 0 Å². The van der Waals surface area contributed by atoms with E-state index in [0.29, 0.717) is 16.9 Å². The lowest BCUT2D eigenvalue weighted by molar-refractivity contribution is 0.274. The molecule has 0 saturated carbocycles. The summed E-state index contributed by atoms with van der Waals surface area (Å²) in [5.74, 6) is 0.901. The minimum absolute atomic E-state index is 0.130. The molecule has 110 valence electrons. The van der Waals surface area contributed by atoms with Gasteiger partial charge in [0.25, 0.3) is 0 Å². The van der Waals surface area contributed by atoms with Crippen molar-refractivity contribution in [2.75, 3.05) is 11.9 Å². The quantitative estimate of drug-likeness (QED) is 0.701. The van der Waals surface area contributed by atoms with Gasteiger partial charge in [-0.3, -0.25) is 0 Å². The molecule has 0 bridgehead atoms. The van der Waals surface area contributed by atoms with Gasteiger partial charge in [0, 0.05) is 16.5 Å². The predicted molar refractivity (Wildman–Crippen MR) is 89.6 cm³/mol. The molecular weight excluding hydrogens is 375 g/mol. The van der Waals surface area contributed by atoms with Crippen molar-refractivity contribution in [1.82, 2.24) is 4.98 Å². The molecule has 0 saturated heterocycles. The number of nitrogens with one attached hydrogen (secondary N) is 1. The van der Waals surface area contributed by atoms with E-state index in [1.165, 1.54) is 0 Å². The third kappa shape index (κ3) is 3.12. The summed E-state index contributed by atoms with van der Waals surface area (Å²) in [5.41, 5.74) is 2.91. The molecule has 0 radical (unpaired) electrons. The molecule has 0 aliphatic carbocycles. The van der Waals surface area contributed by atoms with Crippen LogP contribution in [0, 0.1) is 6.92 Å². The lowest BCUT2D eigenvalue weighted by Crippen LogP contribution is -2.21. The maximum absolute atomic E-state index is 6.21. The fourth-order valence-corrected chi connectivity index (χ4v) is 3.42. The Kier molecular flexibility index (Phi) is 4.29. The average Bonchev–Trinajstić information content (AvgIpc) is 2.43. The van der Waals surface area contributed by atoms with Gasteiger partial charge in [-0.2, -0.15) is 0 Å². The van der Waals surface area contributed by atoms with Crippen LogP contribution in [-0.2, 0) is 0 Å². The van der Waals surface area contributed by atoms with Crippen LogP contribution in [0.4, 0.5) is 5.69 Å². The number of anilines is 1. The van der Waals surface area contributed by atoms with Crippen molar-refractivity contribution in [2.45, 2.75) is 19.4 Å². The molecule has 1 N–H and O–H groups in total. The van der Waals surface area contributed by atoms with E-state index in [9.17, 15) is 0 Å². The number of pyridine rings is 1. The standard InChI is InChI=1S/C15H13BrCl2N2O/c1-8-6-13(17)20-15(18)14(8)19-11-4-5-21-12-3-2-9(16)7-10(11)12/h2-3,6-7,11,19H,4-5H2,1H3. The van der Waals surface area contributed by atoms with Gasteiger partial charge in [-0.25, -0.2) is 4.98 Å². The zero-order valence-electron chi connectivity index (χ0n) is 11.3. The zero-order valence-corrected chi connectivity index (χ0v) is 14.4. The van der Waals surface area contributed by atoms with Crippen molar-refractivity contribution < 1.29 is 4.74 Å². The van der Waals surface area contributed by atoms with Crippen LogP contribution in [0.2, 0.25) is 10.3 Å². The second-order valence-electron chi connectivity index (χ2n) is 4.94. The number of hydrogen-bond donors (Lipinski definition) is 1. The van der Waals surface area contributed by atoms with Crippen molar-refractivity contribution in [3.05, 3.63) is 50.2 Å². The van der Waals surface area contributed by atoms with E-state index in [1.54, 1.807) is 6.07 Å². The first-order valence-corrected chi connectivity index (χ1v) is 8.11. The van der Waals surface area contributed by atoms with E-state index in [4.69, 9.17) is 27.9 Å². The van der Waals surface area contributed by atoms with Crippen LogP contribution in [-0.4, -0.2) is 11.6 Å². The first-order valence-electron chi connectivity index (χ1n) is 6.56. The van der Waals surface area contributed by atoms with Gasteiger partial charge in [-0.05, 0) is 36.8 Å². The van der Waals surface area contributed by atoms with Gasteiger partial charge in [0.1, 0.15) is 10.9 Å². The smallest absolute Gasteiger partial charge is 0.154 e. The summed E-state index contributed by atoms with van der Waals surface area (Å²) in [5, 5.41) is 4.27. The van der Waals surface area contributed by atoms with Crippen LogP contribution >= 0.6 is 39.1 Å². The molecule has 6 heteroatoms.